The lowest BCUT2D eigenvalue weighted by molar-refractivity contribution is 0.102. The third-order valence-corrected chi connectivity index (χ3v) is 3.77. The maximum atomic E-state index is 12.6. The topological polar surface area (TPSA) is 38.1 Å². The van der Waals surface area contributed by atoms with Crippen LogP contribution < -0.4 is 0 Å². The zero-order valence-corrected chi connectivity index (χ0v) is 13.9. The minimum absolute atomic E-state index is 0.266. The quantitative estimate of drug-likeness (QED) is 0.776. The van der Waals surface area contributed by atoms with Crippen LogP contribution in [-0.2, 0) is 6.54 Å². The van der Waals surface area contributed by atoms with E-state index in [9.17, 15) is 4.79 Å². The van der Waals surface area contributed by atoms with Crippen LogP contribution in [0.4, 0.5) is 0 Å². The second-order valence-corrected chi connectivity index (χ2v) is 6.07. The second kappa shape index (κ2) is 6.79. The number of likely N-dealkylation sites (N-methyl/N-ethyl adjacent to an activating group) is 1. The number of ketones is 1. The number of hydrogen-bond donors (Lipinski definition) is 0. The first-order chi connectivity index (χ1) is 9.90. The molecule has 21 heavy (non-hydrogen) atoms. The van der Waals surface area contributed by atoms with Gasteiger partial charge in [-0.05, 0) is 32.3 Å². The van der Waals surface area contributed by atoms with Crippen molar-refractivity contribution in [3.63, 3.8) is 0 Å². The van der Waals surface area contributed by atoms with Crippen molar-refractivity contribution in [2.24, 2.45) is 0 Å². The van der Waals surface area contributed by atoms with E-state index in [1.807, 2.05) is 19.0 Å². The molecule has 0 atom stereocenters. The summed E-state index contributed by atoms with van der Waals surface area (Å²) in [6, 6.07) is 4.74. The Labute approximate surface area is 138 Å². The molecule has 0 bridgehead atoms. The molecule has 0 unspecified atom stereocenters. The van der Waals surface area contributed by atoms with Crippen LogP contribution in [-0.4, -0.2) is 41.1 Å². The maximum absolute atomic E-state index is 12.6. The fourth-order valence-corrected chi connectivity index (χ4v) is 2.58. The molecular weight excluding hydrogens is 333 g/mol. The number of rotatable bonds is 5. The van der Waals surface area contributed by atoms with Crippen molar-refractivity contribution in [1.29, 1.82) is 0 Å². The van der Waals surface area contributed by atoms with E-state index in [4.69, 9.17) is 34.8 Å². The molecule has 0 aliphatic rings. The van der Waals surface area contributed by atoms with Crippen LogP contribution in [0.1, 0.15) is 16.1 Å². The highest BCUT2D eigenvalue weighted by Crippen LogP contribution is 2.26. The molecule has 7 heteroatoms. The highest BCUT2D eigenvalue weighted by atomic mass is 35.5. The molecule has 2 rings (SSSR count). The highest BCUT2D eigenvalue weighted by molar-refractivity contribution is 6.39. The Morgan fingerprint density at radius 3 is 2.57 bits per heavy atom. The van der Waals surface area contributed by atoms with Gasteiger partial charge in [-0.25, -0.2) is 0 Å². The van der Waals surface area contributed by atoms with E-state index in [-0.39, 0.29) is 5.78 Å². The van der Waals surface area contributed by atoms with Crippen LogP contribution >= 0.6 is 34.8 Å². The average molecular weight is 347 g/mol. The number of carbonyl (C=O) groups excluding carboxylic acids is 1. The molecule has 0 saturated carbocycles. The van der Waals surface area contributed by atoms with Crippen molar-refractivity contribution in [3.05, 3.63) is 50.7 Å². The molecule has 1 heterocycles. The summed E-state index contributed by atoms with van der Waals surface area (Å²) in [7, 11) is 3.89. The van der Waals surface area contributed by atoms with Crippen LogP contribution in [0.15, 0.2) is 24.4 Å². The van der Waals surface area contributed by atoms with Crippen molar-refractivity contribution in [3.8, 4) is 0 Å². The van der Waals surface area contributed by atoms with E-state index >= 15 is 0 Å². The summed E-state index contributed by atoms with van der Waals surface area (Å²) in [5.74, 6) is -0.266. The van der Waals surface area contributed by atoms with Gasteiger partial charge in [0, 0.05) is 17.1 Å². The van der Waals surface area contributed by atoms with Crippen LogP contribution in [0.2, 0.25) is 15.1 Å². The summed E-state index contributed by atoms with van der Waals surface area (Å²) < 4.78 is 1.59. The predicted octanol–water partition coefficient (Wildman–Crippen LogP) is 3.64. The molecule has 0 aliphatic heterocycles. The first-order valence-corrected chi connectivity index (χ1v) is 7.39. The molecule has 2 aromatic rings. The van der Waals surface area contributed by atoms with Gasteiger partial charge in [0.05, 0.1) is 22.8 Å². The third-order valence-electron chi connectivity index (χ3n) is 2.94. The Morgan fingerprint density at radius 2 is 1.95 bits per heavy atom. The predicted molar refractivity (Wildman–Crippen MR) is 85.7 cm³/mol. The minimum atomic E-state index is -0.266. The monoisotopic (exact) mass is 345 g/mol. The Morgan fingerprint density at radius 1 is 1.24 bits per heavy atom. The van der Waals surface area contributed by atoms with E-state index in [1.165, 1.54) is 12.3 Å². The Hall–Kier alpha value is -1.07. The van der Waals surface area contributed by atoms with Crippen LogP contribution in [0.25, 0.3) is 0 Å². The van der Waals surface area contributed by atoms with Crippen molar-refractivity contribution in [1.82, 2.24) is 14.7 Å². The smallest absolute Gasteiger partial charge is 0.214 e. The van der Waals surface area contributed by atoms with E-state index in [2.05, 4.69) is 5.10 Å². The van der Waals surface area contributed by atoms with Gasteiger partial charge < -0.3 is 4.90 Å². The van der Waals surface area contributed by atoms with E-state index in [0.29, 0.717) is 32.9 Å². The van der Waals surface area contributed by atoms with Gasteiger partial charge in [-0.2, -0.15) is 5.10 Å². The molecule has 0 fully saturated rings. The van der Waals surface area contributed by atoms with Gasteiger partial charge in [-0.15, -0.1) is 0 Å². The number of hydrogen-bond acceptors (Lipinski definition) is 3. The van der Waals surface area contributed by atoms with Gasteiger partial charge in [-0.3, -0.25) is 9.48 Å². The summed E-state index contributed by atoms with van der Waals surface area (Å²) in [6.07, 6.45) is 1.47. The van der Waals surface area contributed by atoms with Crippen LogP contribution in [0, 0.1) is 0 Å². The lowest BCUT2D eigenvalue weighted by Crippen LogP contribution is -2.21. The SMILES string of the molecule is CN(C)CCn1ncc(Cl)c1C(=O)c1ccc(Cl)cc1Cl. The third kappa shape index (κ3) is 3.77. The normalized spacial score (nSPS) is 11.1. The Bertz CT molecular complexity index is 667. The van der Waals surface area contributed by atoms with E-state index in [1.54, 1.807) is 16.8 Å². The van der Waals surface area contributed by atoms with E-state index < -0.39 is 0 Å². The standard InChI is InChI=1S/C14H14Cl3N3O/c1-19(2)5-6-20-13(12(17)8-18-20)14(21)10-4-3-9(15)7-11(10)16/h3-4,7-8H,5-6H2,1-2H3. The first kappa shape index (κ1) is 16.3. The number of carbonyl (C=O) groups is 1. The summed E-state index contributed by atoms with van der Waals surface area (Å²) in [5.41, 5.74) is 0.692. The minimum Gasteiger partial charge on any atom is -0.308 e. The van der Waals surface area contributed by atoms with Crippen molar-refractivity contribution in [2.75, 3.05) is 20.6 Å². The lowest BCUT2D eigenvalue weighted by Gasteiger charge is -2.12. The molecular formula is C14H14Cl3N3O. The summed E-state index contributed by atoms with van der Waals surface area (Å²) in [4.78, 5) is 14.6. The van der Waals surface area contributed by atoms with Gasteiger partial charge in [-0.1, -0.05) is 34.8 Å². The highest BCUT2D eigenvalue weighted by Gasteiger charge is 2.21. The molecule has 112 valence electrons. The van der Waals surface area contributed by atoms with Crippen LogP contribution in [0.3, 0.4) is 0 Å². The number of benzene rings is 1. The molecule has 1 aromatic carbocycles. The largest absolute Gasteiger partial charge is 0.308 e. The molecule has 0 spiro atoms. The van der Waals surface area contributed by atoms with Gasteiger partial charge in [0.1, 0.15) is 5.69 Å². The first-order valence-electron chi connectivity index (χ1n) is 6.26. The molecule has 0 aliphatic carbocycles. The number of aromatic nitrogens is 2. The second-order valence-electron chi connectivity index (χ2n) is 4.82. The van der Waals surface area contributed by atoms with Gasteiger partial charge in [0.2, 0.25) is 5.78 Å². The zero-order chi connectivity index (χ0) is 15.6. The fourth-order valence-electron chi connectivity index (χ4n) is 1.85. The number of nitrogens with zero attached hydrogens (tertiary/aromatic N) is 3. The zero-order valence-electron chi connectivity index (χ0n) is 11.6. The summed E-state index contributed by atoms with van der Waals surface area (Å²) >= 11 is 18.0. The van der Waals surface area contributed by atoms with Gasteiger partial charge in [0.25, 0.3) is 0 Å². The van der Waals surface area contributed by atoms with Gasteiger partial charge >= 0.3 is 0 Å². The molecule has 0 N–H and O–H groups in total. The molecule has 1 aromatic heterocycles. The van der Waals surface area contributed by atoms with Gasteiger partial charge in [0.15, 0.2) is 0 Å². The molecule has 4 nitrogen and oxygen atoms in total. The lowest BCUT2D eigenvalue weighted by atomic mass is 10.1. The Balaban J connectivity index is 2.36. The molecule has 0 saturated heterocycles. The van der Waals surface area contributed by atoms with Crippen molar-refractivity contribution < 1.29 is 4.79 Å². The number of halogens is 3. The molecule has 0 radical (unpaired) electrons. The maximum Gasteiger partial charge on any atom is 0.214 e. The summed E-state index contributed by atoms with van der Waals surface area (Å²) in [5, 5.41) is 5.23. The van der Waals surface area contributed by atoms with E-state index in [0.717, 1.165) is 6.54 Å². The summed E-state index contributed by atoms with van der Waals surface area (Å²) in [6.45, 7) is 1.30. The van der Waals surface area contributed by atoms with Crippen LogP contribution in [0.5, 0.6) is 0 Å². The Kier molecular flexibility index (Phi) is 5.27. The fraction of sp³-hybridized carbons (Fsp3) is 0.286. The van der Waals surface area contributed by atoms with Crippen molar-refractivity contribution in [2.45, 2.75) is 6.54 Å². The average Bonchev–Trinajstić information content (AvgIpc) is 2.77. The molecule has 0 amide bonds. The van der Waals surface area contributed by atoms with Crippen molar-refractivity contribution >= 4 is 40.6 Å².